The number of carbonyl (C=O) groups is 1. The average Bonchev–Trinajstić information content (AvgIpc) is 2.82. The zero-order valence-corrected chi connectivity index (χ0v) is 19.7. The molecule has 4 rings (SSSR count). The number of rotatable bonds is 6. The lowest BCUT2D eigenvalue weighted by Gasteiger charge is -2.25. The highest BCUT2D eigenvalue weighted by molar-refractivity contribution is 6.09. The Bertz CT molecular complexity index is 1170. The molecule has 0 saturated heterocycles. The Morgan fingerprint density at radius 2 is 1.67 bits per heavy atom. The van der Waals surface area contributed by atoms with Crippen molar-refractivity contribution in [3.63, 3.8) is 0 Å². The predicted octanol–water partition coefficient (Wildman–Crippen LogP) is 6.36. The maximum atomic E-state index is 13.4. The van der Waals surface area contributed by atoms with Gasteiger partial charge in [-0.2, -0.15) is 0 Å². The molecular weight excluding hydrogens is 412 g/mol. The van der Waals surface area contributed by atoms with Crippen molar-refractivity contribution < 1.29 is 9.53 Å². The quantitative estimate of drug-likeness (QED) is 0.465. The summed E-state index contributed by atoms with van der Waals surface area (Å²) in [6, 6.07) is 15.2. The van der Waals surface area contributed by atoms with E-state index in [2.05, 4.69) is 10.3 Å². The number of pyridine rings is 1. The Morgan fingerprint density at radius 1 is 1.00 bits per heavy atom. The van der Waals surface area contributed by atoms with E-state index in [0.717, 1.165) is 46.5 Å². The van der Waals surface area contributed by atoms with Crippen LogP contribution in [0.3, 0.4) is 0 Å². The minimum atomic E-state index is -0.408. The first-order chi connectivity index (χ1) is 16.0. The highest BCUT2D eigenvalue weighted by atomic mass is 16.5. The first-order valence-corrected chi connectivity index (χ1v) is 11.9. The van der Waals surface area contributed by atoms with Crippen LogP contribution in [0.4, 0.5) is 5.69 Å². The van der Waals surface area contributed by atoms with Gasteiger partial charge in [0, 0.05) is 16.9 Å². The predicted molar refractivity (Wildman–Crippen MR) is 133 cm³/mol. The lowest BCUT2D eigenvalue weighted by Crippen LogP contribution is -2.27. The number of H-pyrrole nitrogens is 1. The van der Waals surface area contributed by atoms with Gasteiger partial charge in [0.25, 0.3) is 11.5 Å². The molecule has 0 radical (unpaired) electrons. The topological polar surface area (TPSA) is 71.2 Å². The van der Waals surface area contributed by atoms with Crippen molar-refractivity contribution in [2.75, 3.05) is 11.9 Å². The molecular formula is C28H32N2O3. The fourth-order valence-electron chi connectivity index (χ4n) is 4.81. The Hall–Kier alpha value is -3.34. The number of ether oxygens (including phenoxy) is 1. The minimum Gasteiger partial charge on any atom is -0.494 e. The van der Waals surface area contributed by atoms with Gasteiger partial charge in [0.2, 0.25) is 0 Å². The maximum absolute atomic E-state index is 13.4. The average molecular weight is 445 g/mol. The number of aryl methyl sites for hydroxylation is 1. The molecule has 1 heterocycles. The normalized spacial score (nSPS) is 14.2. The molecule has 33 heavy (non-hydrogen) atoms. The Kier molecular flexibility index (Phi) is 6.97. The summed E-state index contributed by atoms with van der Waals surface area (Å²) in [5.74, 6) is 0.662. The van der Waals surface area contributed by atoms with E-state index in [9.17, 15) is 9.59 Å². The molecule has 5 nitrogen and oxygen atoms in total. The standard InChI is InChI=1S/C28H32N2O3/c1-4-33-23-16-14-22(15-17-23)29-27(31)25-24(20-12-10-18(2)11-13-20)19(3)26(30-28(25)32)21-8-6-5-7-9-21/h10-17,21H,4-9H2,1-3H3,(H,29,31)(H,30,32). The van der Waals surface area contributed by atoms with Gasteiger partial charge in [0.1, 0.15) is 11.3 Å². The largest absolute Gasteiger partial charge is 0.494 e. The van der Waals surface area contributed by atoms with Crippen molar-refractivity contribution >= 4 is 11.6 Å². The van der Waals surface area contributed by atoms with E-state index in [1.54, 1.807) is 12.1 Å². The molecule has 2 aromatic carbocycles. The van der Waals surface area contributed by atoms with Crippen molar-refractivity contribution in [3.05, 3.63) is 81.3 Å². The van der Waals surface area contributed by atoms with Crippen LogP contribution in [-0.4, -0.2) is 17.5 Å². The van der Waals surface area contributed by atoms with Crippen molar-refractivity contribution in [1.29, 1.82) is 0 Å². The van der Waals surface area contributed by atoms with E-state index in [4.69, 9.17) is 4.74 Å². The van der Waals surface area contributed by atoms with E-state index in [-0.39, 0.29) is 11.1 Å². The van der Waals surface area contributed by atoms with Crippen LogP contribution in [0.1, 0.15) is 72.1 Å². The summed E-state index contributed by atoms with van der Waals surface area (Å²) in [4.78, 5) is 29.8. The van der Waals surface area contributed by atoms with Crippen molar-refractivity contribution in [2.45, 2.75) is 58.8 Å². The van der Waals surface area contributed by atoms with Crippen LogP contribution in [0, 0.1) is 13.8 Å². The summed E-state index contributed by atoms with van der Waals surface area (Å²) in [6.45, 7) is 6.56. The molecule has 1 aliphatic rings. The number of anilines is 1. The smallest absolute Gasteiger partial charge is 0.261 e. The molecule has 1 aliphatic carbocycles. The molecule has 0 atom stereocenters. The third-order valence-corrected chi connectivity index (χ3v) is 6.51. The highest BCUT2D eigenvalue weighted by Crippen LogP contribution is 2.37. The summed E-state index contributed by atoms with van der Waals surface area (Å²) < 4.78 is 5.47. The van der Waals surface area contributed by atoms with Gasteiger partial charge in [-0.3, -0.25) is 9.59 Å². The van der Waals surface area contributed by atoms with E-state index >= 15 is 0 Å². The molecule has 172 valence electrons. The van der Waals surface area contributed by atoms with E-state index in [0.29, 0.717) is 18.2 Å². The molecule has 0 aliphatic heterocycles. The van der Waals surface area contributed by atoms with Crippen molar-refractivity contribution in [3.8, 4) is 16.9 Å². The van der Waals surface area contributed by atoms with Gasteiger partial charge in [-0.25, -0.2) is 0 Å². The van der Waals surface area contributed by atoms with Crippen LogP contribution >= 0.6 is 0 Å². The molecule has 1 saturated carbocycles. The zero-order chi connectivity index (χ0) is 23.4. The van der Waals surface area contributed by atoms with Crippen molar-refractivity contribution in [2.24, 2.45) is 0 Å². The van der Waals surface area contributed by atoms with E-state index < -0.39 is 5.91 Å². The van der Waals surface area contributed by atoms with Gasteiger partial charge in [-0.15, -0.1) is 0 Å². The fourth-order valence-corrected chi connectivity index (χ4v) is 4.81. The minimum absolute atomic E-state index is 0.157. The summed E-state index contributed by atoms with van der Waals surface area (Å²) in [5.41, 5.74) is 5.15. The van der Waals surface area contributed by atoms with Crippen LogP contribution in [0.15, 0.2) is 53.3 Å². The van der Waals surface area contributed by atoms with Crippen LogP contribution in [-0.2, 0) is 0 Å². The number of carbonyl (C=O) groups excluding carboxylic acids is 1. The Morgan fingerprint density at radius 3 is 2.30 bits per heavy atom. The van der Waals surface area contributed by atoms with Gasteiger partial charge in [0.15, 0.2) is 0 Å². The van der Waals surface area contributed by atoms with Crippen LogP contribution in [0.2, 0.25) is 0 Å². The van der Waals surface area contributed by atoms with Crippen LogP contribution in [0.25, 0.3) is 11.1 Å². The van der Waals surface area contributed by atoms with Crippen LogP contribution in [0.5, 0.6) is 5.75 Å². The number of aromatic nitrogens is 1. The van der Waals surface area contributed by atoms with E-state index in [1.807, 2.05) is 57.2 Å². The molecule has 1 fully saturated rings. The molecule has 0 unspecified atom stereocenters. The highest BCUT2D eigenvalue weighted by Gasteiger charge is 2.26. The first-order valence-electron chi connectivity index (χ1n) is 11.9. The summed E-state index contributed by atoms with van der Waals surface area (Å²) >= 11 is 0. The van der Waals surface area contributed by atoms with Crippen LogP contribution < -0.4 is 15.6 Å². The second-order valence-corrected chi connectivity index (χ2v) is 8.86. The lowest BCUT2D eigenvalue weighted by atomic mass is 9.82. The SMILES string of the molecule is CCOc1ccc(NC(=O)c2c(-c3ccc(C)cc3)c(C)c(C3CCCCC3)[nH]c2=O)cc1. The zero-order valence-electron chi connectivity index (χ0n) is 19.7. The summed E-state index contributed by atoms with van der Waals surface area (Å²) in [7, 11) is 0. The third-order valence-electron chi connectivity index (χ3n) is 6.51. The van der Waals surface area contributed by atoms with Gasteiger partial charge in [0.05, 0.1) is 6.61 Å². The molecule has 1 amide bonds. The first kappa shape index (κ1) is 22.8. The van der Waals surface area contributed by atoms with Gasteiger partial charge >= 0.3 is 0 Å². The number of benzene rings is 2. The molecule has 1 aromatic heterocycles. The monoisotopic (exact) mass is 444 g/mol. The molecule has 5 heteroatoms. The molecule has 0 bridgehead atoms. The number of nitrogens with one attached hydrogen (secondary N) is 2. The molecule has 3 aromatic rings. The third kappa shape index (κ3) is 5.03. The number of aromatic amines is 1. The summed E-state index contributed by atoms with van der Waals surface area (Å²) in [6.07, 6.45) is 5.73. The second kappa shape index (κ2) is 10.1. The fraction of sp³-hybridized carbons (Fsp3) is 0.357. The Labute approximate surface area is 195 Å². The van der Waals surface area contributed by atoms with Gasteiger partial charge in [-0.05, 0) is 74.9 Å². The van der Waals surface area contributed by atoms with Gasteiger partial charge < -0.3 is 15.0 Å². The lowest BCUT2D eigenvalue weighted by molar-refractivity contribution is 0.102. The van der Waals surface area contributed by atoms with Crippen molar-refractivity contribution in [1.82, 2.24) is 4.98 Å². The molecule has 2 N–H and O–H groups in total. The number of hydrogen-bond acceptors (Lipinski definition) is 3. The Balaban J connectivity index is 1.77. The molecule has 0 spiro atoms. The summed E-state index contributed by atoms with van der Waals surface area (Å²) in [5, 5.41) is 2.90. The van der Waals surface area contributed by atoms with E-state index in [1.165, 1.54) is 19.3 Å². The second-order valence-electron chi connectivity index (χ2n) is 8.86. The van der Waals surface area contributed by atoms with Gasteiger partial charge in [-0.1, -0.05) is 49.1 Å². The number of hydrogen-bond donors (Lipinski definition) is 2. The number of amides is 1. The maximum Gasteiger partial charge on any atom is 0.261 e.